The zero-order valence-electron chi connectivity index (χ0n) is 11.6. The summed E-state index contributed by atoms with van der Waals surface area (Å²) in [6.45, 7) is 0. The predicted molar refractivity (Wildman–Crippen MR) is 90.8 cm³/mol. The summed E-state index contributed by atoms with van der Waals surface area (Å²) in [5.74, 6) is 0.602. The number of hydrogen-bond acceptors (Lipinski definition) is 1. The standard InChI is InChI=1S/C19H12Cl2O/c20-12-9-10-17(21)18(11-12)22-19-15-7-3-1-5-13(15)14-6-2-4-8-16(14)19/h1-11,19H. The van der Waals surface area contributed by atoms with Crippen LogP contribution in [0.25, 0.3) is 11.1 Å². The van der Waals surface area contributed by atoms with Crippen LogP contribution < -0.4 is 4.74 Å². The van der Waals surface area contributed by atoms with E-state index < -0.39 is 0 Å². The molecule has 0 bridgehead atoms. The molecular weight excluding hydrogens is 315 g/mol. The van der Waals surface area contributed by atoms with Gasteiger partial charge in [0.2, 0.25) is 0 Å². The van der Waals surface area contributed by atoms with Crippen LogP contribution >= 0.6 is 23.2 Å². The summed E-state index contributed by atoms with van der Waals surface area (Å²) < 4.78 is 6.22. The lowest BCUT2D eigenvalue weighted by Gasteiger charge is -2.17. The Bertz CT molecular complexity index is 812. The second-order valence-electron chi connectivity index (χ2n) is 5.25. The van der Waals surface area contributed by atoms with Crippen LogP contribution in [0.5, 0.6) is 5.75 Å². The van der Waals surface area contributed by atoms with E-state index in [1.54, 1.807) is 18.2 Å². The fourth-order valence-corrected chi connectivity index (χ4v) is 3.26. The van der Waals surface area contributed by atoms with Gasteiger partial charge >= 0.3 is 0 Å². The van der Waals surface area contributed by atoms with Crippen LogP contribution in [-0.4, -0.2) is 0 Å². The summed E-state index contributed by atoms with van der Waals surface area (Å²) in [6.07, 6.45) is -0.164. The fourth-order valence-electron chi connectivity index (χ4n) is 2.93. The van der Waals surface area contributed by atoms with Gasteiger partial charge in [-0.1, -0.05) is 71.7 Å². The Kier molecular flexibility index (Phi) is 3.33. The zero-order chi connectivity index (χ0) is 15.1. The molecule has 3 aromatic carbocycles. The second kappa shape index (κ2) is 5.35. The predicted octanol–water partition coefficient (Wildman–Crippen LogP) is 6.14. The summed E-state index contributed by atoms with van der Waals surface area (Å²) in [7, 11) is 0. The molecule has 1 nitrogen and oxygen atoms in total. The maximum Gasteiger partial charge on any atom is 0.150 e. The first-order valence-electron chi connectivity index (χ1n) is 7.04. The van der Waals surface area contributed by atoms with Crippen molar-refractivity contribution in [1.82, 2.24) is 0 Å². The molecule has 0 amide bonds. The number of halogens is 2. The van der Waals surface area contributed by atoms with E-state index in [9.17, 15) is 0 Å². The minimum atomic E-state index is -0.164. The minimum absolute atomic E-state index is 0.164. The van der Waals surface area contributed by atoms with Gasteiger partial charge in [0, 0.05) is 22.2 Å². The van der Waals surface area contributed by atoms with Gasteiger partial charge in [0.15, 0.2) is 6.10 Å². The quantitative estimate of drug-likeness (QED) is 0.549. The molecule has 4 rings (SSSR count). The summed E-state index contributed by atoms with van der Waals surface area (Å²) >= 11 is 12.3. The molecule has 0 N–H and O–H groups in total. The lowest BCUT2D eigenvalue weighted by molar-refractivity contribution is 0.252. The van der Waals surface area contributed by atoms with E-state index in [0.29, 0.717) is 15.8 Å². The van der Waals surface area contributed by atoms with Gasteiger partial charge in [-0.3, -0.25) is 0 Å². The Balaban J connectivity index is 1.83. The second-order valence-corrected chi connectivity index (χ2v) is 6.09. The molecule has 1 aliphatic rings. The van der Waals surface area contributed by atoms with Crippen molar-refractivity contribution in [3.05, 3.63) is 87.9 Å². The molecule has 0 heterocycles. The van der Waals surface area contributed by atoms with E-state index in [0.717, 1.165) is 11.1 Å². The maximum absolute atomic E-state index is 6.25. The first kappa shape index (κ1) is 13.7. The third-order valence-corrected chi connectivity index (χ3v) is 4.46. The zero-order valence-corrected chi connectivity index (χ0v) is 13.1. The van der Waals surface area contributed by atoms with Gasteiger partial charge in [0.25, 0.3) is 0 Å². The number of ether oxygens (including phenoxy) is 1. The van der Waals surface area contributed by atoms with Crippen LogP contribution in [0.1, 0.15) is 17.2 Å². The highest BCUT2D eigenvalue weighted by molar-refractivity contribution is 6.34. The normalized spacial score (nSPS) is 12.8. The maximum atomic E-state index is 6.25. The van der Waals surface area contributed by atoms with Gasteiger partial charge < -0.3 is 4.74 Å². The highest BCUT2D eigenvalue weighted by Gasteiger charge is 2.30. The molecule has 0 fully saturated rings. The highest BCUT2D eigenvalue weighted by atomic mass is 35.5. The molecule has 0 spiro atoms. The Morgan fingerprint density at radius 1 is 0.727 bits per heavy atom. The van der Waals surface area contributed by atoms with Crippen molar-refractivity contribution in [2.24, 2.45) is 0 Å². The van der Waals surface area contributed by atoms with E-state index in [1.807, 2.05) is 24.3 Å². The lowest BCUT2D eigenvalue weighted by atomic mass is 10.1. The highest BCUT2D eigenvalue weighted by Crippen LogP contribution is 2.46. The third kappa shape index (κ3) is 2.18. The molecule has 1 aliphatic carbocycles. The van der Waals surface area contributed by atoms with Crippen LogP contribution in [0.3, 0.4) is 0 Å². The van der Waals surface area contributed by atoms with Crippen LogP contribution in [0.2, 0.25) is 10.0 Å². The van der Waals surface area contributed by atoms with E-state index in [1.165, 1.54) is 11.1 Å². The number of fused-ring (bicyclic) bond motifs is 3. The van der Waals surface area contributed by atoms with Gasteiger partial charge in [-0.15, -0.1) is 0 Å². The van der Waals surface area contributed by atoms with Crippen molar-refractivity contribution in [3.8, 4) is 16.9 Å². The van der Waals surface area contributed by atoms with Crippen molar-refractivity contribution in [3.63, 3.8) is 0 Å². The Morgan fingerprint density at radius 3 is 1.95 bits per heavy atom. The SMILES string of the molecule is Clc1ccc(Cl)c(OC2c3ccccc3-c3ccccc32)c1. The molecule has 108 valence electrons. The van der Waals surface area contributed by atoms with E-state index >= 15 is 0 Å². The summed E-state index contributed by atoms with van der Waals surface area (Å²) in [6, 6.07) is 21.9. The molecule has 0 aliphatic heterocycles. The van der Waals surface area contributed by atoms with E-state index in [2.05, 4.69) is 24.3 Å². The first-order chi connectivity index (χ1) is 10.7. The largest absolute Gasteiger partial charge is 0.479 e. The van der Waals surface area contributed by atoms with Gasteiger partial charge in [0.1, 0.15) is 5.75 Å². The molecule has 0 atom stereocenters. The van der Waals surface area contributed by atoms with Crippen molar-refractivity contribution in [2.45, 2.75) is 6.10 Å². The topological polar surface area (TPSA) is 9.23 Å². The molecular formula is C19H12Cl2O. The molecule has 3 heteroatoms. The number of hydrogen-bond donors (Lipinski definition) is 0. The van der Waals surface area contributed by atoms with E-state index in [-0.39, 0.29) is 6.10 Å². The summed E-state index contributed by atoms with van der Waals surface area (Å²) in [4.78, 5) is 0. The molecule has 0 radical (unpaired) electrons. The van der Waals surface area contributed by atoms with Gasteiger partial charge in [-0.05, 0) is 23.3 Å². The van der Waals surface area contributed by atoms with Crippen LogP contribution in [-0.2, 0) is 0 Å². The van der Waals surface area contributed by atoms with Crippen LogP contribution in [0.15, 0.2) is 66.7 Å². The van der Waals surface area contributed by atoms with Gasteiger partial charge in [0.05, 0.1) is 5.02 Å². The minimum Gasteiger partial charge on any atom is -0.479 e. The first-order valence-corrected chi connectivity index (χ1v) is 7.79. The fraction of sp³-hybridized carbons (Fsp3) is 0.0526. The average Bonchev–Trinajstić information content (AvgIpc) is 2.86. The van der Waals surface area contributed by atoms with Crippen LogP contribution in [0.4, 0.5) is 0 Å². The van der Waals surface area contributed by atoms with Crippen molar-refractivity contribution < 1.29 is 4.74 Å². The molecule has 0 saturated heterocycles. The lowest BCUT2D eigenvalue weighted by Crippen LogP contribution is -2.06. The van der Waals surface area contributed by atoms with Crippen LogP contribution in [0, 0.1) is 0 Å². The molecule has 0 saturated carbocycles. The molecule has 22 heavy (non-hydrogen) atoms. The van der Waals surface area contributed by atoms with Gasteiger partial charge in [-0.2, -0.15) is 0 Å². The monoisotopic (exact) mass is 326 g/mol. The third-order valence-electron chi connectivity index (χ3n) is 3.91. The molecule has 3 aromatic rings. The average molecular weight is 327 g/mol. The summed E-state index contributed by atoms with van der Waals surface area (Å²) in [5, 5.41) is 1.17. The number of benzene rings is 3. The Labute approximate surface area is 139 Å². The molecule has 0 unspecified atom stereocenters. The van der Waals surface area contributed by atoms with Crippen molar-refractivity contribution >= 4 is 23.2 Å². The summed E-state index contributed by atoms with van der Waals surface area (Å²) in [5.41, 5.74) is 4.72. The van der Waals surface area contributed by atoms with E-state index in [4.69, 9.17) is 27.9 Å². The smallest absolute Gasteiger partial charge is 0.150 e. The molecule has 0 aromatic heterocycles. The number of rotatable bonds is 2. The van der Waals surface area contributed by atoms with Crippen molar-refractivity contribution in [2.75, 3.05) is 0 Å². The van der Waals surface area contributed by atoms with Gasteiger partial charge in [-0.25, -0.2) is 0 Å². The Morgan fingerprint density at radius 2 is 1.32 bits per heavy atom. The van der Waals surface area contributed by atoms with Crippen molar-refractivity contribution in [1.29, 1.82) is 0 Å². The Hall–Kier alpha value is -1.96.